The molecule has 1 aromatic heterocycles. The van der Waals surface area contributed by atoms with Crippen molar-refractivity contribution in [3.05, 3.63) is 65.5 Å². The van der Waals surface area contributed by atoms with Crippen LogP contribution in [-0.2, 0) is 20.4 Å². The summed E-state index contributed by atoms with van der Waals surface area (Å²) in [5, 5.41) is 6.51. The molecule has 0 spiro atoms. The molecule has 0 fully saturated rings. The van der Waals surface area contributed by atoms with Crippen LogP contribution in [0.5, 0.6) is 0 Å². The van der Waals surface area contributed by atoms with Crippen molar-refractivity contribution >= 4 is 18.8 Å². The van der Waals surface area contributed by atoms with Crippen LogP contribution in [0, 0.1) is 6.92 Å². The lowest BCUT2D eigenvalue weighted by atomic mass is 10.1. The Kier molecular flexibility index (Phi) is 6.48. The van der Waals surface area contributed by atoms with Crippen molar-refractivity contribution in [1.29, 1.82) is 0 Å². The van der Waals surface area contributed by atoms with Crippen LogP contribution in [0.3, 0.4) is 0 Å². The van der Waals surface area contributed by atoms with E-state index in [1.807, 2.05) is 37.3 Å². The lowest BCUT2D eigenvalue weighted by molar-refractivity contribution is -0.114. The molecule has 1 heterocycles. The van der Waals surface area contributed by atoms with Gasteiger partial charge in [0.1, 0.15) is 14.3 Å². The highest BCUT2D eigenvalue weighted by atomic mass is 31.2. The third-order valence-corrected chi connectivity index (χ3v) is 5.48. The monoisotopic (exact) mass is 359 g/mol. The van der Waals surface area contributed by atoms with Gasteiger partial charge in [-0.15, -0.1) is 0 Å². The number of hydrogen-bond donors (Lipinski definition) is 1. The van der Waals surface area contributed by atoms with Gasteiger partial charge >= 0.3 is 0 Å². The van der Waals surface area contributed by atoms with E-state index in [-0.39, 0.29) is 12.0 Å². The highest BCUT2D eigenvalue weighted by Crippen LogP contribution is 2.44. The Balaban J connectivity index is 2.05. The Morgan fingerprint density at radius 2 is 1.96 bits per heavy atom. The fourth-order valence-corrected chi connectivity index (χ4v) is 3.98. The second-order valence-corrected chi connectivity index (χ2v) is 9.08. The highest BCUT2D eigenvalue weighted by Gasteiger charge is 2.21. The van der Waals surface area contributed by atoms with Crippen LogP contribution in [0.4, 0.5) is 0 Å². The van der Waals surface area contributed by atoms with Crippen molar-refractivity contribution in [3.63, 3.8) is 0 Å². The summed E-state index contributed by atoms with van der Waals surface area (Å²) in [7, 11) is -1.23. The van der Waals surface area contributed by atoms with Gasteiger partial charge in [0.2, 0.25) is 0 Å². The zero-order chi connectivity index (χ0) is 18.3. The summed E-state index contributed by atoms with van der Waals surface area (Å²) in [5.41, 5.74) is 2.56. The molecule has 1 aromatic carbocycles. The minimum atomic E-state index is -2.61. The van der Waals surface area contributed by atoms with Crippen LogP contribution >= 0.6 is 7.14 Å². The summed E-state index contributed by atoms with van der Waals surface area (Å²) in [5.74, 6) is -0.418. The zero-order valence-electron chi connectivity index (χ0n) is 14.6. The second kappa shape index (κ2) is 8.58. The van der Waals surface area contributed by atoms with Gasteiger partial charge in [0.05, 0.1) is 6.29 Å². The molecule has 1 N–H and O–H groups in total. The van der Waals surface area contributed by atoms with E-state index in [0.717, 1.165) is 11.3 Å². The number of carbonyl (C=O) groups is 1. The smallest absolute Gasteiger partial charge is 0.274 e. The molecular weight excluding hydrogens is 337 g/mol. The van der Waals surface area contributed by atoms with Gasteiger partial charge in [0, 0.05) is 23.6 Å². The summed E-state index contributed by atoms with van der Waals surface area (Å²) in [6, 6.07) is 12.7. The Labute approximate surface area is 147 Å². The fraction of sp³-hybridized carbons (Fsp3) is 0.278. The van der Waals surface area contributed by atoms with Gasteiger partial charge in [-0.25, -0.2) is 0 Å². The predicted molar refractivity (Wildman–Crippen MR) is 99.2 cm³/mol. The predicted octanol–water partition coefficient (Wildman–Crippen LogP) is 3.01. The Morgan fingerprint density at radius 1 is 1.24 bits per heavy atom. The summed E-state index contributed by atoms with van der Waals surface area (Å²) in [4.78, 5) is 21.4. The summed E-state index contributed by atoms with van der Waals surface area (Å²) >= 11 is 0. The first-order valence-corrected chi connectivity index (χ1v) is 10.4. The van der Waals surface area contributed by atoms with E-state index in [9.17, 15) is 9.36 Å². The van der Waals surface area contributed by atoms with Crippen molar-refractivity contribution in [1.82, 2.24) is 10.3 Å². The molecule has 0 aliphatic heterocycles. The second-order valence-electron chi connectivity index (χ2n) is 5.86. The number of hydrogen-bond acceptors (Lipinski definition) is 5. The third kappa shape index (κ3) is 5.54. The maximum absolute atomic E-state index is 12.8. The molecular formula is C18H22N3O3P. The SMILES string of the molecule is CO/N=C(\C(=O)NCP(C)(=O)Cc1cccnc1C)c1ccccc1. The first-order chi connectivity index (χ1) is 11.9. The minimum absolute atomic E-state index is 0.0791. The highest BCUT2D eigenvalue weighted by molar-refractivity contribution is 7.62. The number of nitrogens with one attached hydrogen (secondary N) is 1. The summed E-state index contributed by atoms with van der Waals surface area (Å²) < 4.78 is 12.8. The van der Waals surface area contributed by atoms with E-state index in [4.69, 9.17) is 4.84 Å². The van der Waals surface area contributed by atoms with Crippen molar-refractivity contribution in [2.75, 3.05) is 20.1 Å². The minimum Gasteiger partial charge on any atom is -0.398 e. The standard InChI is InChI=1S/C18H22N3O3P/c1-14-16(10-7-11-19-14)12-25(3,23)13-20-18(22)17(21-24-2)15-8-5-4-6-9-15/h4-11H,12-13H2,1-3H3,(H,20,22)/b21-17-. The molecule has 0 saturated heterocycles. The van der Waals surface area contributed by atoms with Gasteiger partial charge < -0.3 is 14.7 Å². The van der Waals surface area contributed by atoms with Crippen LogP contribution in [0.25, 0.3) is 0 Å². The van der Waals surface area contributed by atoms with Crippen LogP contribution < -0.4 is 5.32 Å². The van der Waals surface area contributed by atoms with E-state index in [0.29, 0.717) is 11.7 Å². The summed E-state index contributed by atoms with van der Waals surface area (Å²) in [6.45, 7) is 3.56. The van der Waals surface area contributed by atoms with E-state index in [1.165, 1.54) is 7.11 Å². The molecule has 0 aliphatic rings. The summed E-state index contributed by atoms with van der Waals surface area (Å²) in [6.07, 6.45) is 2.17. The molecule has 2 rings (SSSR count). The average molecular weight is 359 g/mol. The van der Waals surface area contributed by atoms with Crippen LogP contribution in [-0.4, -0.2) is 36.7 Å². The first-order valence-electron chi connectivity index (χ1n) is 7.84. The molecule has 132 valence electrons. The number of oxime groups is 1. The normalized spacial score (nSPS) is 13.8. The maximum atomic E-state index is 12.8. The Morgan fingerprint density at radius 3 is 2.60 bits per heavy atom. The van der Waals surface area contributed by atoms with Crippen molar-refractivity contribution in [2.45, 2.75) is 13.1 Å². The van der Waals surface area contributed by atoms with E-state index in [1.54, 1.807) is 25.0 Å². The molecule has 1 atom stereocenters. The van der Waals surface area contributed by atoms with Crippen LogP contribution in [0.1, 0.15) is 16.8 Å². The molecule has 0 aliphatic carbocycles. The number of amides is 1. The van der Waals surface area contributed by atoms with Crippen molar-refractivity contribution < 1.29 is 14.2 Å². The quantitative estimate of drug-likeness (QED) is 0.468. The van der Waals surface area contributed by atoms with Gasteiger partial charge in [-0.2, -0.15) is 0 Å². The topological polar surface area (TPSA) is 80.6 Å². The van der Waals surface area contributed by atoms with Crippen molar-refractivity contribution in [3.8, 4) is 0 Å². The van der Waals surface area contributed by atoms with Gasteiger partial charge in [-0.05, 0) is 25.2 Å². The average Bonchev–Trinajstić information content (AvgIpc) is 2.60. The lowest BCUT2D eigenvalue weighted by Crippen LogP contribution is -2.32. The van der Waals surface area contributed by atoms with E-state index >= 15 is 0 Å². The van der Waals surface area contributed by atoms with Gasteiger partial charge in [0.25, 0.3) is 5.91 Å². The van der Waals surface area contributed by atoms with Crippen LogP contribution in [0.2, 0.25) is 0 Å². The molecule has 0 saturated carbocycles. The first kappa shape index (κ1) is 18.9. The number of aryl methyl sites for hydroxylation is 1. The largest absolute Gasteiger partial charge is 0.398 e. The van der Waals surface area contributed by atoms with Gasteiger partial charge in [0.15, 0.2) is 5.71 Å². The third-order valence-electron chi connectivity index (χ3n) is 3.64. The number of rotatable bonds is 7. The van der Waals surface area contributed by atoms with E-state index in [2.05, 4.69) is 15.5 Å². The molecule has 0 bridgehead atoms. The molecule has 2 aromatic rings. The number of nitrogens with zero attached hydrogens (tertiary/aromatic N) is 2. The fourth-order valence-electron chi connectivity index (χ4n) is 2.34. The molecule has 1 unspecified atom stereocenters. The number of aromatic nitrogens is 1. The Bertz CT molecular complexity index is 806. The lowest BCUT2D eigenvalue weighted by Gasteiger charge is -2.15. The van der Waals surface area contributed by atoms with E-state index < -0.39 is 13.0 Å². The van der Waals surface area contributed by atoms with Gasteiger partial charge in [-0.1, -0.05) is 41.6 Å². The van der Waals surface area contributed by atoms with Gasteiger partial charge in [-0.3, -0.25) is 9.78 Å². The molecule has 6 nitrogen and oxygen atoms in total. The maximum Gasteiger partial charge on any atom is 0.274 e. The van der Waals surface area contributed by atoms with Crippen molar-refractivity contribution in [2.24, 2.45) is 5.16 Å². The molecule has 7 heteroatoms. The number of benzene rings is 1. The molecule has 0 radical (unpaired) electrons. The molecule has 25 heavy (non-hydrogen) atoms. The van der Waals surface area contributed by atoms with Crippen LogP contribution in [0.15, 0.2) is 53.8 Å². The molecule has 1 amide bonds. The zero-order valence-corrected chi connectivity index (χ0v) is 15.5. The Hall–Kier alpha value is -2.46. The number of pyridine rings is 1. The number of carbonyl (C=O) groups excluding carboxylic acids is 1.